The summed E-state index contributed by atoms with van der Waals surface area (Å²) in [6, 6.07) is 29.3. The molecule has 0 aliphatic heterocycles. The lowest BCUT2D eigenvalue weighted by atomic mass is 10.1. The summed E-state index contributed by atoms with van der Waals surface area (Å²) in [4.78, 5) is 34.8. The number of rotatable bonds is 6. The van der Waals surface area contributed by atoms with Gasteiger partial charge in [0, 0.05) is 11.1 Å². The first-order valence-electron chi connectivity index (χ1n) is 10.9. The van der Waals surface area contributed by atoms with Crippen LogP contribution in [0.1, 0.15) is 32.4 Å². The Labute approximate surface area is 200 Å². The summed E-state index contributed by atoms with van der Waals surface area (Å²) >= 11 is 0. The Balaban J connectivity index is 0.000000283. The van der Waals surface area contributed by atoms with Gasteiger partial charge in [0.15, 0.2) is 0 Å². The fourth-order valence-corrected chi connectivity index (χ4v) is 2.87. The van der Waals surface area contributed by atoms with E-state index in [1.165, 1.54) is 11.1 Å². The second kappa shape index (κ2) is 12.8. The van der Waals surface area contributed by atoms with E-state index in [9.17, 15) is 14.4 Å². The Morgan fingerprint density at radius 1 is 0.794 bits per heavy atom. The lowest BCUT2D eigenvalue weighted by Gasteiger charge is -2.23. The van der Waals surface area contributed by atoms with Crippen molar-refractivity contribution in [1.29, 1.82) is 0 Å². The molecule has 0 aliphatic carbocycles. The van der Waals surface area contributed by atoms with Gasteiger partial charge < -0.3 is 21.1 Å². The molecule has 1 atom stereocenters. The number of primary amides is 1. The van der Waals surface area contributed by atoms with Crippen LogP contribution in [-0.4, -0.2) is 30.0 Å². The maximum absolute atomic E-state index is 12.1. The standard InChI is InChI=1S/C15H21N3O4.C12H10/c1-15(2,3)18-14(21)22-12(10-7-5-4-6-8-10)13(20)17-9-11(16)19;1-3-7-11(8-4-1)12-9-5-2-6-10-12/h4-8,12H,9H2,1-3H3,(H2,16,19)(H,17,20)(H,18,21);1-10H. The summed E-state index contributed by atoms with van der Waals surface area (Å²) in [5.41, 5.74) is 7.54. The minimum atomic E-state index is -1.16. The smallest absolute Gasteiger partial charge is 0.408 e. The quantitative estimate of drug-likeness (QED) is 0.511. The van der Waals surface area contributed by atoms with Gasteiger partial charge in [0.1, 0.15) is 0 Å². The number of alkyl carbamates (subject to hydrolysis) is 1. The van der Waals surface area contributed by atoms with Crippen molar-refractivity contribution >= 4 is 17.9 Å². The maximum Gasteiger partial charge on any atom is 0.408 e. The predicted octanol–water partition coefficient (Wildman–Crippen LogP) is 4.21. The second-order valence-electron chi connectivity index (χ2n) is 8.49. The number of hydrogen-bond acceptors (Lipinski definition) is 4. The van der Waals surface area contributed by atoms with E-state index in [-0.39, 0.29) is 6.54 Å². The molecule has 0 fully saturated rings. The van der Waals surface area contributed by atoms with Crippen molar-refractivity contribution < 1.29 is 19.1 Å². The number of carbonyl (C=O) groups is 3. The molecule has 178 valence electrons. The third-order valence-electron chi connectivity index (χ3n) is 4.36. The molecule has 3 amide bonds. The molecule has 7 nitrogen and oxygen atoms in total. The molecule has 0 radical (unpaired) electrons. The van der Waals surface area contributed by atoms with Crippen LogP contribution in [0.2, 0.25) is 0 Å². The van der Waals surface area contributed by atoms with Crippen LogP contribution in [0.4, 0.5) is 4.79 Å². The zero-order valence-corrected chi connectivity index (χ0v) is 19.7. The van der Waals surface area contributed by atoms with Crippen molar-refractivity contribution in [3.63, 3.8) is 0 Å². The number of benzene rings is 3. The van der Waals surface area contributed by atoms with E-state index in [0.717, 1.165) is 0 Å². The molecule has 34 heavy (non-hydrogen) atoms. The van der Waals surface area contributed by atoms with Crippen LogP contribution in [0.5, 0.6) is 0 Å². The molecule has 0 saturated carbocycles. The molecular formula is C27H31N3O4. The highest BCUT2D eigenvalue weighted by molar-refractivity contribution is 5.88. The number of nitrogens with two attached hydrogens (primary N) is 1. The minimum absolute atomic E-state index is 0.327. The Morgan fingerprint density at radius 3 is 1.65 bits per heavy atom. The largest absolute Gasteiger partial charge is 0.431 e. The second-order valence-corrected chi connectivity index (χ2v) is 8.49. The van der Waals surface area contributed by atoms with E-state index in [4.69, 9.17) is 10.5 Å². The molecular weight excluding hydrogens is 430 g/mol. The number of nitrogens with one attached hydrogen (secondary N) is 2. The SMILES string of the molecule is CC(C)(C)NC(=O)OC(C(=O)NCC(N)=O)c1ccccc1.c1ccc(-c2ccccc2)cc1. The van der Waals surface area contributed by atoms with E-state index >= 15 is 0 Å². The Kier molecular flexibility index (Phi) is 9.83. The summed E-state index contributed by atoms with van der Waals surface area (Å²) in [5.74, 6) is -1.30. The van der Waals surface area contributed by atoms with Crippen LogP contribution in [0.15, 0.2) is 91.0 Å². The molecule has 7 heteroatoms. The molecule has 4 N–H and O–H groups in total. The van der Waals surface area contributed by atoms with E-state index in [2.05, 4.69) is 59.2 Å². The van der Waals surface area contributed by atoms with Gasteiger partial charge in [-0.3, -0.25) is 9.59 Å². The lowest BCUT2D eigenvalue weighted by Crippen LogP contribution is -2.44. The molecule has 0 bridgehead atoms. The van der Waals surface area contributed by atoms with Crippen LogP contribution in [-0.2, 0) is 14.3 Å². The van der Waals surface area contributed by atoms with Crippen molar-refractivity contribution in [2.24, 2.45) is 5.73 Å². The maximum atomic E-state index is 12.1. The number of hydrogen-bond donors (Lipinski definition) is 3. The number of amides is 3. The number of carbonyl (C=O) groups excluding carboxylic acids is 3. The average molecular weight is 462 g/mol. The Bertz CT molecular complexity index is 1010. The third-order valence-corrected chi connectivity index (χ3v) is 4.36. The summed E-state index contributed by atoms with van der Waals surface area (Å²) < 4.78 is 5.19. The van der Waals surface area contributed by atoms with Crippen molar-refractivity contribution in [3.8, 4) is 11.1 Å². The zero-order chi connectivity index (χ0) is 25.0. The van der Waals surface area contributed by atoms with Gasteiger partial charge in [0.25, 0.3) is 5.91 Å². The normalized spacial score (nSPS) is 11.3. The Hall–Kier alpha value is -4.13. The van der Waals surface area contributed by atoms with Crippen LogP contribution in [0.3, 0.4) is 0 Å². The molecule has 1 unspecified atom stereocenters. The van der Waals surface area contributed by atoms with Crippen molar-refractivity contribution in [2.45, 2.75) is 32.4 Å². The zero-order valence-electron chi connectivity index (χ0n) is 19.7. The highest BCUT2D eigenvalue weighted by atomic mass is 16.6. The van der Waals surface area contributed by atoms with Gasteiger partial charge in [-0.25, -0.2) is 4.79 Å². The van der Waals surface area contributed by atoms with Crippen LogP contribution in [0.25, 0.3) is 11.1 Å². The highest BCUT2D eigenvalue weighted by Gasteiger charge is 2.26. The van der Waals surface area contributed by atoms with E-state index in [1.807, 2.05) is 12.1 Å². The predicted molar refractivity (Wildman–Crippen MR) is 133 cm³/mol. The van der Waals surface area contributed by atoms with E-state index in [1.54, 1.807) is 51.1 Å². The molecule has 3 aromatic carbocycles. The van der Waals surface area contributed by atoms with Gasteiger partial charge in [0.05, 0.1) is 6.54 Å². The van der Waals surface area contributed by atoms with E-state index < -0.39 is 29.6 Å². The van der Waals surface area contributed by atoms with Gasteiger partial charge >= 0.3 is 6.09 Å². The molecule has 0 aromatic heterocycles. The van der Waals surface area contributed by atoms with Gasteiger partial charge in [-0.15, -0.1) is 0 Å². The summed E-state index contributed by atoms with van der Waals surface area (Å²) in [5, 5.41) is 4.94. The molecule has 3 aromatic rings. The first kappa shape index (κ1) is 26.1. The molecule has 0 saturated heterocycles. The molecule has 0 spiro atoms. The minimum Gasteiger partial charge on any atom is -0.431 e. The topological polar surface area (TPSA) is 111 Å². The van der Waals surface area contributed by atoms with Gasteiger partial charge in [-0.2, -0.15) is 0 Å². The Morgan fingerprint density at radius 2 is 1.24 bits per heavy atom. The first-order chi connectivity index (χ1) is 16.2. The fraction of sp³-hybridized carbons (Fsp3) is 0.222. The molecule has 0 aliphatic rings. The highest BCUT2D eigenvalue weighted by Crippen LogP contribution is 2.18. The third kappa shape index (κ3) is 9.56. The van der Waals surface area contributed by atoms with Crippen molar-refractivity contribution in [2.75, 3.05) is 6.54 Å². The molecule has 0 heterocycles. The van der Waals surface area contributed by atoms with Gasteiger partial charge in [-0.1, -0.05) is 91.0 Å². The summed E-state index contributed by atoms with van der Waals surface area (Å²) in [6.45, 7) is 5.04. The summed E-state index contributed by atoms with van der Waals surface area (Å²) in [6.07, 6.45) is -1.89. The van der Waals surface area contributed by atoms with Crippen molar-refractivity contribution in [1.82, 2.24) is 10.6 Å². The van der Waals surface area contributed by atoms with Crippen LogP contribution < -0.4 is 16.4 Å². The van der Waals surface area contributed by atoms with Crippen LogP contribution >= 0.6 is 0 Å². The van der Waals surface area contributed by atoms with Gasteiger partial charge in [0.2, 0.25) is 12.0 Å². The number of ether oxygens (including phenoxy) is 1. The van der Waals surface area contributed by atoms with Gasteiger partial charge in [-0.05, 0) is 31.9 Å². The van der Waals surface area contributed by atoms with E-state index in [0.29, 0.717) is 5.56 Å². The lowest BCUT2D eigenvalue weighted by molar-refractivity contribution is -0.131. The fourth-order valence-electron chi connectivity index (χ4n) is 2.87. The average Bonchev–Trinajstić information content (AvgIpc) is 2.82. The first-order valence-corrected chi connectivity index (χ1v) is 10.9. The van der Waals surface area contributed by atoms with Crippen LogP contribution in [0, 0.1) is 0 Å². The molecule has 3 rings (SSSR count). The summed E-state index contributed by atoms with van der Waals surface area (Å²) in [7, 11) is 0. The van der Waals surface area contributed by atoms with Crippen molar-refractivity contribution in [3.05, 3.63) is 96.6 Å². The monoisotopic (exact) mass is 461 g/mol.